The number of rotatable bonds is 1. The number of nitrogens with two attached hydrogens (primary N) is 1. The third kappa shape index (κ3) is 2.74. The Balaban J connectivity index is 3.18. The zero-order valence-corrected chi connectivity index (χ0v) is 7.59. The van der Waals surface area contributed by atoms with Gasteiger partial charge in [0.05, 0.1) is 0 Å². The largest absolute Gasteiger partial charge is 0.574 e. The van der Waals surface area contributed by atoms with E-state index in [9.17, 15) is 13.2 Å². The second-order valence-corrected chi connectivity index (χ2v) is 2.69. The fourth-order valence-electron chi connectivity index (χ4n) is 0.871. The molecule has 0 radical (unpaired) electrons. The Morgan fingerprint density at radius 3 is 2.60 bits per heavy atom. The molecule has 80 valence electrons. The molecule has 0 atom stereocenters. The number of nitrogens with zero attached hydrogens (tertiary/aromatic N) is 2. The molecule has 0 bridgehead atoms. The number of halogens is 3. The van der Waals surface area contributed by atoms with Crippen molar-refractivity contribution < 1.29 is 17.9 Å². The summed E-state index contributed by atoms with van der Waals surface area (Å²) in [5.74, 6) is -0.695. The van der Waals surface area contributed by atoms with Gasteiger partial charge in [-0.05, 0) is 13.0 Å². The molecule has 0 aromatic carbocycles. The first-order valence-electron chi connectivity index (χ1n) is 3.76. The van der Waals surface area contributed by atoms with E-state index in [1.54, 1.807) is 6.07 Å². The monoisotopic (exact) mass is 217 g/mol. The summed E-state index contributed by atoms with van der Waals surface area (Å²) >= 11 is 0. The maximum atomic E-state index is 11.9. The van der Waals surface area contributed by atoms with Crippen molar-refractivity contribution in [2.75, 3.05) is 5.73 Å². The Hall–Kier alpha value is -1.97. The predicted molar refractivity (Wildman–Crippen MR) is 44.8 cm³/mol. The first-order chi connectivity index (χ1) is 6.83. The number of alkyl halides is 3. The molecule has 1 aromatic rings. The Morgan fingerprint density at radius 2 is 2.13 bits per heavy atom. The van der Waals surface area contributed by atoms with Gasteiger partial charge in [-0.25, -0.2) is 4.98 Å². The maximum Gasteiger partial charge on any atom is 0.574 e. The zero-order chi connectivity index (χ0) is 11.6. The van der Waals surface area contributed by atoms with Crippen LogP contribution in [0.25, 0.3) is 0 Å². The summed E-state index contributed by atoms with van der Waals surface area (Å²) in [5.41, 5.74) is 5.23. The highest BCUT2D eigenvalue weighted by atomic mass is 19.4. The maximum absolute atomic E-state index is 11.9. The lowest BCUT2D eigenvalue weighted by atomic mass is 10.2. The van der Waals surface area contributed by atoms with E-state index in [1.165, 1.54) is 13.0 Å². The van der Waals surface area contributed by atoms with Crippen molar-refractivity contribution in [2.24, 2.45) is 0 Å². The lowest BCUT2D eigenvalue weighted by molar-refractivity contribution is -0.276. The summed E-state index contributed by atoms with van der Waals surface area (Å²) in [7, 11) is 0. The van der Waals surface area contributed by atoms with Crippen molar-refractivity contribution in [3.05, 3.63) is 17.3 Å². The summed E-state index contributed by atoms with van der Waals surface area (Å²) in [6, 6.07) is 2.76. The normalized spacial score (nSPS) is 10.9. The number of ether oxygens (including phenoxy) is 1. The van der Waals surface area contributed by atoms with Gasteiger partial charge < -0.3 is 10.5 Å². The summed E-state index contributed by atoms with van der Waals surface area (Å²) in [4.78, 5) is 3.35. The third-order valence-corrected chi connectivity index (χ3v) is 1.59. The van der Waals surface area contributed by atoms with Crippen molar-refractivity contribution >= 4 is 5.69 Å². The van der Waals surface area contributed by atoms with Gasteiger partial charge in [0.15, 0.2) is 0 Å². The molecule has 0 spiro atoms. The highest BCUT2D eigenvalue weighted by Crippen LogP contribution is 2.27. The van der Waals surface area contributed by atoms with E-state index in [-0.39, 0.29) is 16.9 Å². The summed E-state index contributed by atoms with van der Waals surface area (Å²) in [6.07, 6.45) is -4.85. The molecular formula is C8H6F3N3O. The smallest absolute Gasteiger partial charge is 0.398 e. The molecule has 0 amide bonds. The lowest BCUT2D eigenvalue weighted by Crippen LogP contribution is -2.19. The van der Waals surface area contributed by atoms with Gasteiger partial charge in [0, 0.05) is 11.3 Å². The van der Waals surface area contributed by atoms with Crippen molar-refractivity contribution in [3.8, 4) is 11.9 Å². The third-order valence-electron chi connectivity index (χ3n) is 1.59. The molecule has 4 nitrogen and oxygen atoms in total. The quantitative estimate of drug-likeness (QED) is 0.777. The van der Waals surface area contributed by atoms with Gasteiger partial charge in [0.25, 0.3) is 0 Å². The van der Waals surface area contributed by atoms with Crippen LogP contribution in [0.4, 0.5) is 18.9 Å². The highest BCUT2D eigenvalue weighted by molar-refractivity contribution is 5.53. The molecule has 0 fully saturated rings. The number of hydrogen-bond acceptors (Lipinski definition) is 4. The van der Waals surface area contributed by atoms with Crippen LogP contribution >= 0.6 is 0 Å². The van der Waals surface area contributed by atoms with Gasteiger partial charge in [-0.15, -0.1) is 13.2 Å². The molecule has 0 aliphatic rings. The summed E-state index contributed by atoms with van der Waals surface area (Å²) in [6.45, 7) is 1.32. The Morgan fingerprint density at radius 1 is 1.53 bits per heavy atom. The van der Waals surface area contributed by atoms with Gasteiger partial charge >= 0.3 is 6.36 Å². The Labute approximate surface area is 83.1 Å². The number of anilines is 1. The first kappa shape index (κ1) is 11.1. The van der Waals surface area contributed by atoms with Gasteiger partial charge in [-0.2, -0.15) is 5.26 Å². The number of pyridine rings is 1. The van der Waals surface area contributed by atoms with Crippen LogP contribution in [0.2, 0.25) is 0 Å². The molecule has 0 saturated carbocycles. The summed E-state index contributed by atoms with van der Waals surface area (Å²) in [5, 5.41) is 8.47. The second kappa shape index (κ2) is 3.65. The van der Waals surface area contributed by atoms with E-state index in [0.717, 1.165) is 0 Å². The van der Waals surface area contributed by atoms with Crippen LogP contribution in [0, 0.1) is 18.3 Å². The highest BCUT2D eigenvalue weighted by Gasteiger charge is 2.33. The van der Waals surface area contributed by atoms with Crippen LogP contribution in [-0.4, -0.2) is 11.3 Å². The lowest BCUT2D eigenvalue weighted by Gasteiger charge is -2.11. The van der Waals surface area contributed by atoms with Gasteiger partial charge in [0.2, 0.25) is 5.88 Å². The number of aromatic nitrogens is 1. The molecule has 7 heteroatoms. The van der Waals surface area contributed by atoms with Gasteiger partial charge in [-0.1, -0.05) is 0 Å². The molecule has 0 unspecified atom stereocenters. The Bertz CT molecular complexity index is 422. The van der Waals surface area contributed by atoms with Crippen LogP contribution in [0.15, 0.2) is 6.07 Å². The average molecular weight is 217 g/mol. The number of nitrogen functional groups attached to an aromatic ring is 1. The predicted octanol–water partition coefficient (Wildman–Crippen LogP) is 1.74. The van der Waals surface area contributed by atoms with E-state index in [4.69, 9.17) is 11.0 Å². The van der Waals surface area contributed by atoms with Crippen LogP contribution in [0.1, 0.15) is 11.3 Å². The van der Waals surface area contributed by atoms with Crippen LogP contribution in [0.5, 0.6) is 5.88 Å². The summed E-state index contributed by atoms with van der Waals surface area (Å²) < 4.78 is 39.3. The average Bonchev–Trinajstić information content (AvgIpc) is 2.10. The topological polar surface area (TPSA) is 71.9 Å². The van der Waals surface area contributed by atoms with Crippen molar-refractivity contribution in [1.82, 2.24) is 4.98 Å². The molecule has 0 aliphatic heterocycles. The number of hydrogen-bond donors (Lipinski definition) is 1. The second-order valence-electron chi connectivity index (χ2n) is 2.69. The SMILES string of the molecule is Cc1c(N)cc(C#N)nc1OC(F)(F)F. The van der Waals surface area contributed by atoms with Gasteiger partial charge in [-0.3, -0.25) is 0 Å². The minimum Gasteiger partial charge on any atom is -0.398 e. The first-order valence-corrected chi connectivity index (χ1v) is 3.76. The zero-order valence-electron chi connectivity index (χ0n) is 7.59. The minimum absolute atomic E-state index is 0.0285. The van der Waals surface area contributed by atoms with E-state index < -0.39 is 12.2 Å². The number of nitriles is 1. The van der Waals surface area contributed by atoms with Crippen LogP contribution in [0.3, 0.4) is 0 Å². The standard InChI is InChI=1S/C8H6F3N3O/c1-4-6(13)2-5(3-12)14-7(4)15-8(9,10)11/h2H,1H3,(H2,13,14). The van der Waals surface area contributed by atoms with Gasteiger partial charge in [0.1, 0.15) is 11.8 Å². The molecule has 0 aliphatic carbocycles. The minimum atomic E-state index is -4.85. The van der Waals surface area contributed by atoms with E-state index in [2.05, 4.69) is 9.72 Å². The molecule has 15 heavy (non-hydrogen) atoms. The van der Waals surface area contributed by atoms with E-state index in [1.807, 2.05) is 0 Å². The van der Waals surface area contributed by atoms with E-state index in [0.29, 0.717) is 0 Å². The molecule has 2 N–H and O–H groups in total. The molecule has 1 aromatic heterocycles. The Kier molecular flexibility index (Phi) is 2.70. The van der Waals surface area contributed by atoms with E-state index >= 15 is 0 Å². The van der Waals surface area contributed by atoms with Crippen molar-refractivity contribution in [1.29, 1.82) is 5.26 Å². The van der Waals surface area contributed by atoms with Crippen molar-refractivity contribution in [3.63, 3.8) is 0 Å². The van der Waals surface area contributed by atoms with Crippen LogP contribution in [-0.2, 0) is 0 Å². The molecule has 1 rings (SSSR count). The molecule has 1 heterocycles. The van der Waals surface area contributed by atoms with Crippen LogP contribution < -0.4 is 10.5 Å². The van der Waals surface area contributed by atoms with Crippen molar-refractivity contribution in [2.45, 2.75) is 13.3 Å². The molecule has 0 saturated heterocycles. The fraction of sp³-hybridized carbons (Fsp3) is 0.250. The molecular weight excluding hydrogens is 211 g/mol. The fourth-order valence-corrected chi connectivity index (χ4v) is 0.871.